The van der Waals surface area contributed by atoms with Gasteiger partial charge < -0.3 is 11.1 Å². The first kappa shape index (κ1) is 19.3. The maximum atomic E-state index is 12.4. The average molecular weight is 348 g/mol. The lowest BCUT2D eigenvalue weighted by molar-refractivity contribution is -0.148. The van der Waals surface area contributed by atoms with Gasteiger partial charge in [-0.05, 0) is 51.1 Å². The summed E-state index contributed by atoms with van der Waals surface area (Å²) in [6, 6.07) is 0.446. The van der Waals surface area contributed by atoms with Gasteiger partial charge >= 0.3 is 6.18 Å². The highest BCUT2D eigenvalue weighted by Crippen LogP contribution is 2.24. The van der Waals surface area contributed by atoms with Crippen LogP contribution in [0.15, 0.2) is 4.99 Å². The van der Waals surface area contributed by atoms with Crippen molar-refractivity contribution in [2.45, 2.75) is 70.0 Å². The first-order valence-electron chi connectivity index (χ1n) is 9.28. The molecule has 7 heteroatoms. The summed E-state index contributed by atoms with van der Waals surface area (Å²) in [6.45, 7) is 0.943. The summed E-state index contributed by atoms with van der Waals surface area (Å²) in [7, 11) is 0. The second-order valence-corrected chi connectivity index (χ2v) is 7.22. The van der Waals surface area contributed by atoms with E-state index in [0.717, 1.165) is 32.1 Å². The van der Waals surface area contributed by atoms with Gasteiger partial charge in [-0.1, -0.05) is 25.7 Å². The third kappa shape index (κ3) is 7.73. The number of nitrogens with one attached hydrogen (secondary N) is 1. The fraction of sp³-hybridized carbons (Fsp3) is 0.941. The monoisotopic (exact) mass is 348 g/mol. The van der Waals surface area contributed by atoms with Crippen molar-refractivity contribution in [1.82, 2.24) is 10.2 Å². The topological polar surface area (TPSA) is 53.6 Å². The fourth-order valence-electron chi connectivity index (χ4n) is 3.73. The van der Waals surface area contributed by atoms with E-state index in [0.29, 0.717) is 37.6 Å². The molecule has 2 fully saturated rings. The Kier molecular flexibility index (Phi) is 7.65. The molecule has 0 aromatic rings. The third-order valence-electron chi connectivity index (χ3n) is 5.14. The lowest BCUT2D eigenvalue weighted by Gasteiger charge is -2.32. The molecule has 2 aliphatic rings. The van der Waals surface area contributed by atoms with Crippen LogP contribution in [0.4, 0.5) is 13.2 Å². The smallest absolute Gasteiger partial charge is 0.370 e. The largest absolute Gasteiger partial charge is 0.401 e. The van der Waals surface area contributed by atoms with Gasteiger partial charge in [0.15, 0.2) is 5.96 Å². The molecule has 2 rings (SSSR count). The highest BCUT2D eigenvalue weighted by Gasteiger charge is 2.32. The van der Waals surface area contributed by atoms with Gasteiger partial charge in [-0.25, -0.2) is 0 Å². The van der Waals surface area contributed by atoms with Crippen molar-refractivity contribution in [2.75, 3.05) is 26.2 Å². The molecule has 1 aliphatic carbocycles. The quantitative estimate of drug-likeness (QED) is 0.455. The van der Waals surface area contributed by atoms with Crippen LogP contribution in [0.1, 0.15) is 57.8 Å². The summed E-state index contributed by atoms with van der Waals surface area (Å²) in [5.41, 5.74) is 5.97. The molecule has 0 amide bonds. The predicted molar refractivity (Wildman–Crippen MR) is 91.0 cm³/mol. The van der Waals surface area contributed by atoms with Crippen molar-refractivity contribution in [3.63, 3.8) is 0 Å². The molecule has 1 heterocycles. The zero-order valence-electron chi connectivity index (χ0n) is 14.5. The Morgan fingerprint density at radius 3 is 2.25 bits per heavy atom. The number of likely N-dealkylation sites (tertiary alicyclic amines) is 1. The second kappa shape index (κ2) is 9.49. The van der Waals surface area contributed by atoms with Crippen LogP contribution in [0.3, 0.4) is 0 Å². The molecule has 24 heavy (non-hydrogen) atoms. The Morgan fingerprint density at radius 2 is 1.67 bits per heavy atom. The van der Waals surface area contributed by atoms with E-state index in [4.69, 9.17) is 5.73 Å². The fourth-order valence-corrected chi connectivity index (χ4v) is 3.73. The summed E-state index contributed by atoms with van der Waals surface area (Å²) in [4.78, 5) is 5.91. The van der Waals surface area contributed by atoms with Gasteiger partial charge in [-0.2, -0.15) is 13.2 Å². The van der Waals surface area contributed by atoms with Crippen LogP contribution >= 0.6 is 0 Å². The number of guanidine groups is 1. The Balaban J connectivity index is 1.61. The molecule has 0 aromatic carbocycles. The Hall–Kier alpha value is -0.980. The highest BCUT2D eigenvalue weighted by molar-refractivity contribution is 5.78. The van der Waals surface area contributed by atoms with Gasteiger partial charge in [-0.3, -0.25) is 9.89 Å². The van der Waals surface area contributed by atoms with E-state index in [1.54, 1.807) is 0 Å². The van der Waals surface area contributed by atoms with Crippen LogP contribution < -0.4 is 11.1 Å². The Bertz CT molecular complexity index is 382. The second-order valence-electron chi connectivity index (χ2n) is 7.22. The van der Waals surface area contributed by atoms with Crippen LogP contribution in [0, 0.1) is 5.92 Å². The molecule has 1 aliphatic heterocycles. The van der Waals surface area contributed by atoms with Gasteiger partial charge in [0, 0.05) is 12.6 Å². The molecule has 140 valence electrons. The molecule has 4 nitrogen and oxygen atoms in total. The standard InChI is InChI=1S/C17H31F3N4/c18-17(19,20)13-24-11-8-14(9-12-24)7-10-22-16(21)23-15-5-3-1-2-4-6-15/h14-15H,1-13H2,(H3,21,22,23). The van der Waals surface area contributed by atoms with Crippen LogP contribution in [-0.2, 0) is 0 Å². The molecular formula is C17H31F3N4. The van der Waals surface area contributed by atoms with E-state index in [2.05, 4.69) is 10.3 Å². The van der Waals surface area contributed by atoms with Crippen molar-refractivity contribution in [1.29, 1.82) is 0 Å². The number of alkyl halides is 3. The van der Waals surface area contributed by atoms with Crippen LogP contribution in [0.5, 0.6) is 0 Å². The van der Waals surface area contributed by atoms with E-state index in [1.165, 1.54) is 30.6 Å². The molecule has 0 radical (unpaired) electrons. The summed E-state index contributed by atoms with van der Waals surface area (Å²) in [6.07, 6.45) is 5.90. The predicted octanol–water partition coefficient (Wildman–Crippen LogP) is 3.28. The normalized spacial score (nSPS) is 23.2. The Labute approximate surface area is 143 Å². The molecule has 1 saturated carbocycles. The van der Waals surface area contributed by atoms with E-state index < -0.39 is 12.7 Å². The number of aliphatic imine (C=N–C) groups is 1. The van der Waals surface area contributed by atoms with E-state index >= 15 is 0 Å². The molecule has 3 N–H and O–H groups in total. The van der Waals surface area contributed by atoms with E-state index in [1.807, 2.05) is 0 Å². The molecule has 0 spiro atoms. The van der Waals surface area contributed by atoms with E-state index in [-0.39, 0.29) is 0 Å². The maximum absolute atomic E-state index is 12.4. The molecule has 0 unspecified atom stereocenters. The van der Waals surface area contributed by atoms with Crippen LogP contribution in [-0.4, -0.2) is 49.3 Å². The van der Waals surface area contributed by atoms with Crippen molar-refractivity contribution in [3.8, 4) is 0 Å². The summed E-state index contributed by atoms with van der Waals surface area (Å²) < 4.78 is 37.1. The van der Waals surface area contributed by atoms with Gasteiger partial charge in [0.2, 0.25) is 0 Å². The number of hydrogen-bond donors (Lipinski definition) is 2. The highest BCUT2D eigenvalue weighted by atomic mass is 19.4. The number of nitrogens with two attached hydrogens (primary N) is 1. The lowest BCUT2D eigenvalue weighted by atomic mass is 9.93. The van der Waals surface area contributed by atoms with Gasteiger partial charge in [0.1, 0.15) is 0 Å². The third-order valence-corrected chi connectivity index (χ3v) is 5.14. The molecule has 1 saturated heterocycles. The Morgan fingerprint density at radius 1 is 1.04 bits per heavy atom. The number of hydrogen-bond acceptors (Lipinski definition) is 2. The van der Waals surface area contributed by atoms with Crippen molar-refractivity contribution in [3.05, 3.63) is 0 Å². The first-order valence-corrected chi connectivity index (χ1v) is 9.28. The first-order chi connectivity index (χ1) is 11.4. The van der Waals surface area contributed by atoms with Gasteiger partial charge in [0.25, 0.3) is 0 Å². The number of nitrogens with zero attached hydrogens (tertiary/aromatic N) is 2. The minimum atomic E-state index is -4.09. The summed E-state index contributed by atoms with van der Waals surface area (Å²) in [5.74, 6) is 0.986. The van der Waals surface area contributed by atoms with Crippen LogP contribution in [0.25, 0.3) is 0 Å². The summed E-state index contributed by atoms with van der Waals surface area (Å²) >= 11 is 0. The van der Waals surface area contributed by atoms with Crippen molar-refractivity contribution in [2.24, 2.45) is 16.6 Å². The number of rotatable bonds is 5. The molecule has 0 atom stereocenters. The molecular weight excluding hydrogens is 317 g/mol. The van der Waals surface area contributed by atoms with Gasteiger partial charge in [-0.15, -0.1) is 0 Å². The van der Waals surface area contributed by atoms with E-state index in [9.17, 15) is 13.2 Å². The minimum absolute atomic E-state index is 0.446. The van der Waals surface area contributed by atoms with Crippen molar-refractivity contribution < 1.29 is 13.2 Å². The zero-order chi connectivity index (χ0) is 17.4. The molecule has 0 aromatic heterocycles. The number of piperidine rings is 1. The molecule has 0 bridgehead atoms. The van der Waals surface area contributed by atoms with Crippen LogP contribution in [0.2, 0.25) is 0 Å². The van der Waals surface area contributed by atoms with Crippen molar-refractivity contribution >= 4 is 5.96 Å². The maximum Gasteiger partial charge on any atom is 0.401 e. The minimum Gasteiger partial charge on any atom is -0.370 e. The SMILES string of the molecule is NC(=NCCC1CCN(CC(F)(F)F)CC1)NC1CCCCCC1. The lowest BCUT2D eigenvalue weighted by Crippen LogP contribution is -2.40. The summed E-state index contributed by atoms with van der Waals surface area (Å²) in [5, 5.41) is 3.32. The average Bonchev–Trinajstić information content (AvgIpc) is 2.76. The van der Waals surface area contributed by atoms with Gasteiger partial charge in [0.05, 0.1) is 6.54 Å². The number of halogens is 3. The zero-order valence-corrected chi connectivity index (χ0v) is 14.5.